The van der Waals surface area contributed by atoms with Crippen LogP contribution in [0.1, 0.15) is 38.3 Å². The molecule has 0 spiro atoms. The first-order valence-corrected chi connectivity index (χ1v) is 8.77. The van der Waals surface area contributed by atoms with E-state index in [9.17, 15) is 13.5 Å². The van der Waals surface area contributed by atoms with Gasteiger partial charge < -0.3 is 5.11 Å². The minimum Gasteiger partial charge on any atom is -0.391 e. The van der Waals surface area contributed by atoms with E-state index in [0.29, 0.717) is 31.7 Å². The first-order valence-electron chi connectivity index (χ1n) is 7.33. The number of hydrogen-bond acceptors (Lipinski definition) is 5. The maximum Gasteiger partial charge on any atom is 0.279 e. The molecule has 1 aromatic rings. The topological polar surface area (TPSA) is 100 Å². The van der Waals surface area contributed by atoms with Gasteiger partial charge in [-0.2, -0.15) is 17.4 Å². The molecule has 0 aliphatic carbocycles. The Bertz CT molecular complexity index is 539. The smallest absolute Gasteiger partial charge is 0.279 e. The number of rotatable bonds is 7. The molecule has 0 aromatic carbocycles. The molecule has 8 nitrogen and oxygen atoms in total. The Morgan fingerprint density at radius 2 is 2.10 bits per heavy atom. The molecule has 1 unspecified atom stereocenters. The van der Waals surface area contributed by atoms with Crippen LogP contribution in [0, 0.1) is 0 Å². The number of aromatic nitrogens is 3. The van der Waals surface area contributed by atoms with Crippen molar-refractivity contribution < 1.29 is 13.5 Å². The zero-order valence-corrected chi connectivity index (χ0v) is 13.1. The quantitative estimate of drug-likeness (QED) is 0.729. The number of nitrogens with zero attached hydrogens (tertiary/aromatic N) is 4. The van der Waals surface area contributed by atoms with E-state index in [1.54, 1.807) is 6.20 Å². The fraction of sp³-hybridized carbons (Fsp3) is 0.833. The number of aliphatic hydroxyl groups excluding tert-OH is 1. The third-order valence-electron chi connectivity index (χ3n) is 3.55. The summed E-state index contributed by atoms with van der Waals surface area (Å²) >= 11 is 0. The Balaban J connectivity index is 1.87. The second kappa shape index (κ2) is 7.30. The summed E-state index contributed by atoms with van der Waals surface area (Å²) in [7, 11) is -3.44. The number of aliphatic hydroxyl groups is 1. The van der Waals surface area contributed by atoms with Crippen LogP contribution in [0.2, 0.25) is 0 Å². The number of piperidine rings is 1. The highest BCUT2D eigenvalue weighted by molar-refractivity contribution is 7.87. The van der Waals surface area contributed by atoms with Gasteiger partial charge in [-0.05, 0) is 19.3 Å². The van der Waals surface area contributed by atoms with Crippen LogP contribution in [-0.2, 0) is 23.3 Å². The molecular weight excluding hydrogens is 294 g/mol. The Morgan fingerprint density at radius 3 is 2.76 bits per heavy atom. The predicted octanol–water partition coefficient (Wildman–Crippen LogP) is -0.131. The summed E-state index contributed by atoms with van der Waals surface area (Å²) in [6.45, 7) is 3.51. The first kappa shape index (κ1) is 16.3. The first-order chi connectivity index (χ1) is 10.0. The summed E-state index contributed by atoms with van der Waals surface area (Å²) in [5.41, 5.74) is 0.541. The molecule has 0 amide bonds. The highest BCUT2D eigenvalue weighted by Crippen LogP contribution is 2.12. The Hall–Kier alpha value is -1.03. The number of hydrogen-bond donors (Lipinski definition) is 2. The van der Waals surface area contributed by atoms with Crippen molar-refractivity contribution in [3.63, 3.8) is 0 Å². The van der Waals surface area contributed by atoms with Crippen LogP contribution >= 0.6 is 0 Å². The lowest BCUT2D eigenvalue weighted by molar-refractivity contribution is 0.144. The second-order valence-corrected chi connectivity index (χ2v) is 7.04. The van der Waals surface area contributed by atoms with E-state index in [4.69, 9.17) is 0 Å². The summed E-state index contributed by atoms with van der Waals surface area (Å²) < 4.78 is 29.8. The normalized spacial score (nSPS) is 18.8. The molecule has 0 radical (unpaired) electrons. The van der Waals surface area contributed by atoms with Gasteiger partial charge >= 0.3 is 0 Å². The molecule has 1 aliphatic rings. The van der Waals surface area contributed by atoms with E-state index in [1.807, 2.05) is 6.92 Å². The molecule has 0 bridgehead atoms. The van der Waals surface area contributed by atoms with Crippen LogP contribution in [0.25, 0.3) is 0 Å². The van der Waals surface area contributed by atoms with Crippen LogP contribution in [0.4, 0.5) is 0 Å². The number of nitrogens with one attached hydrogen (secondary N) is 1. The molecule has 2 rings (SSSR count). The molecule has 1 saturated heterocycles. The maximum absolute atomic E-state index is 12.1. The van der Waals surface area contributed by atoms with E-state index in [1.165, 1.54) is 8.99 Å². The van der Waals surface area contributed by atoms with Gasteiger partial charge in [0.15, 0.2) is 0 Å². The molecule has 1 atom stereocenters. The van der Waals surface area contributed by atoms with Crippen molar-refractivity contribution in [3.8, 4) is 0 Å². The third-order valence-corrected chi connectivity index (χ3v) is 5.10. The van der Waals surface area contributed by atoms with Gasteiger partial charge in [0.2, 0.25) is 0 Å². The molecule has 0 saturated carbocycles. The highest BCUT2D eigenvalue weighted by atomic mass is 32.2. The zero-order chi connectivity index (χ0) is 15.3. The predicted molar refractivity (Wildman–Crippen MR) is 77.5 cm³/mol. The minimum absolute atomic E-state index is 0.112. The van der Waals surface area contributed by atoms with Crippen LogP contribution in [0.3, 0.4) is 0 Å². The lowest BCUT2D eigenvalue weighted by Gasteiger charge is -2.25. The van der Waals surface area contributed by atoms with Gasteiger partial charge in [0.05, 0.1) is 24.9 Å². The van der Waals surface area contributed by atoms with Gasteiger partial charge in [0.25, 0.3) is 10.2 Å². The van der Waals surface area contributed by atoms with Crippen molar-refractivity contribution in [2.45, 2.75) is 51.8 Å². The van der Waals surface area contributed by atoms with Crippen molar-refractivity contribution in [3.05, 3.63) is 11.9 Å². The van der Waals surface area contributed by atoms with Crippen molar-refractivity contribution in [1.29, 1.82) is 0 Å². The Labute approximate surface area is 125 Å². The average Bonchev–Trinajstić information content (AvgIpc) is 2.93. The molecule has 1 fully saturated rings. The zero-order valence-electron chi connectivity index (χ0n) is 12.3. The summed E-state index contributed by atoms with van der Waals surface area (Å²) in [4.78, 5) is 0. The molecule has 9 heteroatoms. The van der Waals surface area contributed by atoms with Crippen molar-refractivity contribution in [1.82, 2.24) is 24.0 Å². The third kappa shape index (κ3) is 4.73. The standard InChI is InChI=1S/C12H23N5O3S/c1-2-12(18)10-16-9-11(14-15-16)8-13-21(19,20)17-6-4-3-5-7-17/h9,12-13,18H,2-8,10H2,1H3. The lowest BCUT2D eigenvalue weighted by atomic mass is 10.2. The molecular formula is C12H23N5O3S. The van der Waals surface area contributed by atoms with Crippen LogP contribution < -0.4 is 4.72 Å². The highest BCUT2D eigenvalue weighted by Gasteiger charge is 2.23. The lowest BCUT2D eigenvalue weighted by Crippen LogP contribution is -2.43. The van der Waals surface area contributed by atoms with Crippen LogP contribution in [0.5, 0.6) is 0 Å². The summed E-state index contributed by atoms with van der Waals surface area (Å²) in [5, 5.41) is 17.3. The molecule has 21 heavy (non-hydrogen) atoms. The maximum atomic E-state index is 12.1. The molecule has 1 aliphatic heterocycles. The van der Waals surface area contributed by atoms with Gasteiger partial charge in [-0.1, -0.05) is 18.6 Å². The van der Waals surface area contributed by atoms with E-state index in [2.05, 4.69) is 15.0 Å². The molecule has 2 heterocycles. The molecule has 2 N–H and O–H groups in total. The largest absolute Gasteiger partial charge is 0.391 e. The van der Waals surface area contributed by atoms with Gasteiger partial charge in [-0.25, -0.2) is 4.68 Å². The van der Waals surface area contributed by atoms with E-state index in [-0.39, 0.29) is 6.54 Å². The van der Waals surface area contributed by atoms with E-state index in [0.717, 1.165) is 19.3 Å². The fourth-order valence-corrected chi connectivity index (χ4v) is 3.47. The van der Waals surface area contributed by atoms with Gasteiger partial charge in [0, 0.05) is 19.3 Å². The summed E-state index contributed by atoms with van der Waals surface area (Å²) in [6, 6.07) is 0. The van der Waals surface area contributed by atoms with Gasteiger partial charge in [-0.15, -0.1) is 5.10 Å². The monoisotopic (exact) mass is 317 g/mol. The van der Waals surface area contributed by atoms with Crippen molar-refractivity contribution in [2.24, 2.45) is 0 Å². The average molecular weight is 317 g/mol. The van der Waals surface area contributed by atoms with Crippen molar-refractivity contribution in [2.75, 3.05) is 13.1 Å². The fourth-order valence-electron chi connectivity index (χ4n) is 2.22. The van der Waals surface area contributed by atoms with Crippen LogP contribution in [0.15, 0.2) is 6.20 Å². The summed E-state index contributed by atoms with van der Waals surface area (Å²) in [6.07, 6.45) is 4.72. The van der Waals surface area contributed by atoms with Gasteiger partial charge in [-0.3, -0.25) is 0 Å². The van der Waals surface area contributed by atoms with E-state index < -0.39 is 16.3 Å². The Morgan fingerprint density at radius 1 is 1.38 bits per heavy atom. The Kier molecular flexibility index (Phi) is 5.68. The van der Waals surface area contributed by atoms with Crippen molar-refractivity contribution >= 4 is 10.2 Å². The molecule has 120 valence electrons. The van der Waals surface area contributed by atoms with E-state index >= 15 is 0 Å². The van der Waals surface area contributed by atoms with Gasteiger partial charge in [0.1, 0.15) is 0 Å². The second-order valence-electron chi connectivity index (χ2n) is 5.28. The molecule has 1 aromatic heterocycles. The SMILES string of the molecule is CCC(O)Cn1cc(CNS(=O)(=O)N2CCCCC2)nn1. The summed E-state index contributed by atoms with van der Waals surface area (Å²) in [5.74, 6) is 0. The minimum atomic E-state index is -3.44. The van der Waals surface area contributed by atoms with Crippen LogP contribution in [-0.4, -0.2) is 52.0 Å².